The van der Waals surface area contributed by atoms with Crippen molar-refractivity contribution in [1.82, 2.24) is 4.98 Å². The van der Waals surface area contributed by atoms with Crippen LogP contribution in [0.2, 0.25) is 0 Å². The highest BCUT2D eigenvalue weighted by Crippen LogP contribution is 2.28. The molecule has 88 valence electrons. The SMILES string of the molecule is COCC(=O)Nc1ccc(C(F)(F)F)cn1. The fourth-order valence-corrected chi connectivity index (χ4v) is 0.946. The average molecular weight is 234 g/mol. The van der Waals surface area contributed by atoms with Gasteiger partial charge in [-0.3, -0.25) is 4.79 Å². The topological polar surface area (TPSA) is 51.2 Å². The number of nitrogens with zero attached hydrogens (tertiary/aromatic N) is 1. The zero-order chi connectivity index (χ0) is 12.2. The van der Waals surface area contributed by atoms with Gasteiger partial charge in [0.2, 0.25) is 0 Å². The lowest BCUT2D eigenvalue weighted by atomic mass is 10.3. The van der Waals surface area contributed by atoms with Gasteiger partial charge in [0, 0.05) is 13.3 Å². The lowest BCUT2D eigenvalue weighted by molar-refractivity contribution is -0.137. The number of ether oxygens (including phenoxy) is 1. The van der Waals surface area contributed by atoms with Crippen LogP contribution < -0.4 is 5.32 Å². The van der Waals surface area contributed by atoms with Crippen LogP contribution in [-0.2, 0) is 15.7 Å². The number of alkyl halides is 3. The van der Waals surface area contributed by atoms with Gasteiger partial charge in [0.1, 0.15) is 12.4 Å². The minimum Gasteiger partial charge on any atom is -0.375 e. The van der Waals surface area contributed by atoms with E-state index < -0.39 is 17.6 Å². The predicted molar refractivity (Wildman–Crippen MR) is 49.7 cm³/mol. The second-order valence-electron chi connectivity index (χ2n) is 2.91. The quantitative estimate of drug-likeness (QED) is 0.865. The van der Waals surface area contributed by atoms with Crippen molar-refractivity contribution >= 4 is 11.7 Å². The molecule has 4 nitrogen and oxygen atoms in total. The van der Waals surface area contributed by atoms with E-state index in [2.05, 4.69) is 15.0 Å². The van der Waals surface area contributed by atoms with Crippen molar-refractivity contribution in [2.24, 2.45) is 0 Å². The third-order valence-corrected chi connectivity index (χ3v) is 1.63. The Hall–Kier alpha value is -1.63. The van der Waals surface area contributed by atoms with Gasteiger partial charge in [0.15, 0.2) is 0 Å². The van der Waals surface area contributed by atoms with Crippen LogP contribution in [0.5, 0.6) is 0 Å². The highest BCUT2D eigenvalue weighted by atomic mass is 19.4. The highest BCUT2D eigenvalue weighted by Gasteiger charge is 2.30. The maximum absolute atomic E-state index is 12.2. The number of carbonyl (C=O) groups is 1. The molecule has 0 fully saturated rings. The molecular weight excluding hydrogens is 225 g/mol. The molecule has 1 heterocycles. The van der Waals surface area contributed by atoms with Crippen LogP contribution in [0.4, 0.5) is 19.0 Å². The summed E-state index contributed by atoms with van der Waals surface area (Å²) in [6.07, 6.45) is -3.77. The minimum atomic E-state index is -4.43. The van der Waals surface area contributed by atoms with Crippen LogP contribution >= 0.6 is 0 Å². The van der Waals surface area contributed by atoms with Gasteiger partial charge in [-0.15, -0.1) is 0 Å². The number of hydrogen-bond acceptors (Lipinski definition) is 3. The Morgan fingerprint density at radius 3 is 2.62 bits per heavy atom. The third kappa shape index (κ3) is 3.50. The van der Waals surface area contributed by atoms with E-state index >= 15 is 0 Å². The zero-order valence-corrected chi connectivity index (χ0v) is 8.34. The number of aromatic nitrogens is 1. The Labute approximate surface area is 89.4 Å². The van der Waals surface area contributed by atoms with Gasteiger partial charge in [-0.25, -0.2) is 4.98 Å². The standard InChI is InChI=1S/C9H9F3N2O2/c1-16-5-8(15)14-7-3-2-6(4-13-7)9(10,11)12/h2-4H,5H2,1H3,(H,13,14,15). The van der Waals surface area contributed by atoms with Crippen LogP contribution in [-0.4, -0.2) is 24.6 Å². The van der Waals surface area contributed by atoms with Gasteiger partial charge in [0.25, 0.3) is 5.91 Å². The highest BCUT2D eigenvalue weighted by molar-refractivity contribution is 5.90. The average Bonchev–Trinajstić information content (AvgIpc) is 2.17. The molecule has 0 radical (unpaired) electrons. The number of methoxy groups -OCH3 is 1. The molecule has 0 aliphatic heterocycles. The molecule has 0 saturated heterocycles. The second kappa shape index (κ2) is 4.93. The molecule has 1 aromatic rings. The van der Waals surface area contributed by atoms with Crippen LogP contribution in [0.15, 0.2) is 18.3 Å². The van der Waals surface area contributed by atoms with Crippen LogP contribution in [0.25, 0.3) is 0 Å². The normalized spacial score (nSPS) is 11.2. The maximum Gasteiger partial charge on any atom is 0.417 e. The fourth-order valence-electron chi connectivity index (χ4n) is 0.946. The molecule has 0 aliphatic carbocycles. The number of rotatable bonds is 3. The number of halogens is 3. The summed E-state index contributed by atoms with van der Waals surface area (Å²) in [4.78, 5) is 14.5. The summed E-state index contributed by atoms with van der Waals surface area (Å²) in [6, 6.07) is 1.92. The van der Waals surface area contributed by atoms with Gasteiger partial charge in [0.05, 0.1) is 5.56 Å². The van der Waals surface area contributed by atoms with Gasteiger partial charge in [-0.05, 0) is 12.1 Å². The van der Waals surface area contributed by atoms with E-state index in [1.807, 2.05) is 0 Å². The lowest BCUT2D eigenvalue weighted by Crippen LogP contribution is -2.18. The van der Waals surface area contributed by atoms with E-state index in [-0.39, 0.29) is 12.4 Å². The van der Waals surface area contributed by atoms with E-state index in [9.17, 15) is 18.0 Å². The molecule has 0 aliphatic rings. The Balaban J connectivity index is 2.69. The molecule has 7 heteroatoms. The van der Waals surface area contributed by atoms with Crippen molar-refractivity contribution < 1.29 is 22.7 Å². The fraction of sp³-hybridized carbons (Fsp3) is 0.333. The predicted octanol–water partition coefficient (Wildman–Crippen LogP) is 1.69. The van der Waals surface area contributed by atoms with E-state index in [4.69, 9.17) is 0 Å². The molecule has 0 bridgehead atoms. The molecule has 0 saturated carbocycles. The van der Waals surface area contributed by atoms with E-state index in [0.717, 1.165) is 12.1 Å². The molecule has 16 heavy (non-hydrogen) atoms. The first-order valence-electron chi connectivity index (χ1n) is 4.25. The van der Waals surface area contributed by atoms with Gasteiger partial charge >= 0.3 is 6.18 Å². The second-order valence-corrected chi connectivity index (χ2v) is 2.91. The first-order chi connectivity index (χ1) is 7.43. The first kappa shape index (κ1) is 12.4. The summed E-state index contributed by atoms with van der Waals surface area (Å²) in [5.41, 5.74) is -0.864. The number of nitrogens with one attached hydrogen (secondary N) is 1. The smallest absolute Gasteiger partial charge is 0.375 e. The van der Waals surface area contributed by atoms with Crippen molar-refractivity contribution in [3.8, 4) is 0 Å². The maximum atomic E-state index is 12.2. The molecule has 0 spiro atoms. The number of pyridine rings is 1. The van der Waals surface area contributed by atoms with Crippen molar-refractivity contribution in [3.05, 3.63) is 23.9 Å². The summed E-state index contributed by atoms with van der Waals surface area (Å²) >= 11 is 0. The zero-order valence-electron chi connectivity index (χ0n) is 8.34. The van der Waals surface area contributed by atoms with Gasteiger partial charge in [-0.2, -0.15) is 13.2 Å². The molecule has 0 atom stereocenters. The molecule has 0 aromatic carbocycles. The summed E-state index contributed by atoms with van der Waals surface area (Å²) in [6.45, 7) is -0.178. The Morgan fingerprint density at radius 1 is 1.50 bits per heavy atom. The van der Waals surface area contributed by atoms with Crippen LogP contribution in [0, 0.1) is 0 Å². The minimum absolute atomic E-state index is 0.0510. The molecule has 0 unspecified atom stereocenters. The molecule has 1 N–H and O–H groups in total. The molecule has 1 rings (SSSR count). The largest absolute Gasteiger partial charge is 0.417 e. The van der Waals surface area contributed by atoms with Crippen molar-refractivity contribution in [3.63, 3.8) is 0 Å². The summed E-state index contributed by atoms with van der Waals surface area (Å²) in [7, 11) is 1.33. The summed E-state index contributed by atoms with van der Waals surface area (Å²) in [5, 5.41) is 2.28. The lowest BCUT2D eigenvalue weighted by Gasteiger charge is -2.07. The number of amides is 1. The number of carbonyl (C=O) groups excluding carboxylic acids is 1. The Kier molecular flexibility index (Phi) is 3.83. The van der Waals surface area contributed by atoms with Crippen molar-refractivity contribution in [2.45, 2.75) is 6.18 Å². The number of hydrogen-bond donors (Lipinski definition) is 1. The molecule has 1 amide bonds. The van der Waals surface area contributed by atoms with E-state index in [1.165, 1.54) is 7.11 Å². The van der Waals surface area contributed by atoms with Crippen molar-refractivity contribution in [2.75, 3.05) is 19.0 Å². The van der Waals surface area contributed by atoms with Gasteiger partial charge in [-0.1, -0.05) is 0 Å². The summed E-state index contributed by atoms with van der Waals surface area (Å²) < 4.78 is 41.0. The van der Waals surface area contributed by atoms with Gasteiger partial charge < -0.3 is 10.1 Å². The van der Waals surface area contributed by atoms with Crippen molar-refractivity contribution in [1.29, 1.82) is 0 Å². The van der Waals surface area contributed by atoms with E-state index in [1.54, 1.807) is 0 Å². The summed E-state index contributed by atoms with van der Waals surface area (Å²) in [5.74, 6) is -0.426. The van der Waals surface area contributed by atoms with Crippen LogP contribution in [0.3, 0.4) is 0 Å². The molecule has 1 aromatic heterocycles. The first-order valence-corrected chi connectivity index (χ1v) is 4.25. The number of anilines is 1. The Morgan fingerprint density at radius 2 is 2.19 bits per heavy atom. The monoisotopic (exact) mass is 234 g/mol. The van der Waals surface area contributed by atoms with E-state index in [0.29, 0.717) is 6.20 Å². The Bertz CT molecular complexity index is 362. The van der Waals surface area contributed by atoms with Crippen LogP contribution in [0.1, 0.15) is 5.56 Å². The molecular formula is C9H9F3N2O2. The third-order valence-electron chi connectivity index (χ3n) is 1.63.